The van der Waals surface area contributed by atoms with E-state index in [0.29, 0.717) is 24.6 Å². The topological polar surface area (TPSA) is 66.8 Å². The van der Waals surface area contributed by atoms with Crippen LogP contribution in [0.3, 0.4) is 0 Å². The molecule has 2 aliphatic rings. The number of likely N-dealkylation sites (tertiary alicyclic amines) is 1. The monoisotopic (exact) mass is 319 g/mol. The van der Waals surface area contributed by atoms with Crippen molar-refractivity contribution < 1.29 is 19.4 Å². The Morgan fingerprint density at radius 2 is 2.25 bits per heavy atom. The highest BCUT2D eigenvalue weighted by atomic mass is 32.2. The molecule has 20 heavy (non-hydrogen) atoms. The van der Waals surface area contributed by atoms with Gasteiger partial charge in [0, 0.05) is 49.1 Å². The van der Waals surface area contributed by atoms with Gasteiger partial charge in [-0.05, 0) is 6.42 Å². The molecule has 0 spiro atoms. The molecule has 1 N–H and O–H groups in total. The Morgan fingerprint density at radius 1 is 1.45 bits per heavy atom. The van der Waals surface area contributed by atoms with Crippen LogP contribution < -0.4 is 0 Å². The minimum atomic E-state index is -0.918. The van der Waals surface area contributed by atoms with E-state index in [9.17, 15) is 14.7 Å². The number of amides is 1. The second kappa shape index (κ2) is 7.04. The van der Waals surface area contributed by atoms with E-state index in [-0.39, 0.29) is 19.1 Å². The first-order chi connectivity index (χ1) is 9.57. The van der Waals surface area contributed by atoms with Gasteiger partial charge in [-0.15, -0.1) is 0 Å². The molecule has 0 aromatic rings. The van der Waals surface area contributed by atoms with Gasteiger partial charge in [0.25, 0.3) is 0 Å². The Kier molecular flexibility index (Phi) is 5.63. The summed E-state index contributed by atoms with van der Waals surface area (Å²) in [6, 6.07) is 0. The van der Waals surface area contributed by atoms with E-state index in [1.54, 1.807) is 4.90 Å². The summed E-state index contributed by atoms with van der Waals surface area (Å²) < 4.78 is 5.04. The minimum Gasteiger partial charge on any atom is -0.481 e. The van der Waals surface area contributed by atoms with Crippen LogP contribution in [-0.2, 0) is 14.3 Å². The van der Waals surface area contributed by atoms with Gasteiger partial charge in [-0.25, -0.2) is 0 Å². The van der Waals surface area contributed by atoms with Crippen molar-refractivity contribution in [2.24, 2.45) is 5.41 Å². The van der Waals surface area contributed by atoms with Crippen molar-refractivity contribution in [2.75, 3.05) is 44.1 Å². The lowest BCUT2D eigenvalue weighted by Crippen LogP contribution is -2.40. The van der Waals surface area contributed by atoms with Crippen LogP contribution in [0, 0.1) is 5.41 Å². The lowest BCUT2D eigenvalue weighted by molar-refractivity contribution is -0.151. The van der Waals surface area contributed by atoms with Gasteiger partial charge in [0.1, 0.15) is 5.41 Å². The number of carbonyl (C=O) groups excluding carboxylic acids is 1. The number of ether oxygens (including phenoxy) is 1. The van der Waals surface area contributed by atoms with Gasteiger partial charge >= 0.3 is 5.97 Å². The van der Waals surface area contributed by atoms with Gasteiger partial charge < -0.3 is 14.7 Å². The number of thioether (sulfide) groups is 2. The van der Waals surface area contributed by atoms with E-state index in [1.807, 2.05) is 23.5 Å². The molecule has 2 rings (SSSR count). The van der Waals surface area contributed by atoms with Crippen LogP contribution in [0.25, 0.3) is 0 Å². The van der Waals surface area contributed by atoms with E-state index in [1.165, 1.54) is 7.11 Å². The van der Waals surface area contributed by atoms with Crippen LogP contribution in [-0.4, -0.2) is 71.2 Å². The fraction of sp³-hybridized carbons (Fsp3) is 0.846. The Hall–Kier alpha value is -0.400. The van der Waals surface area contributed by atoms with Crippen molar-refractivity contribution in [3.63, 3.8) is 0 Å². The quantitative estimate of drug-likeness (QED) is 0.821. The van der Waals surface area contributed by atoms with Crippen molar-refractivity contribution in [1.29, 1.82) is 0 Å². The summed E-state index contributed by atoms with van der Waals surface area (Å²) in [4.78, 5) is 25.4. The van der Waals surface area contributed by atoms with Crippen LogP contribution in [0.15, 0.2) is 0 Å². The number of hydrogen-bond donors (Lipinski definition) is 1. The zero-order valence-corrected chi connectivity index (χ0v) is 13.3. The van der Waals surface area contributed by atoms with E-state index in [2.05, 4.69) is 0 Å². The standard InChI is InChI=1S/C13H21NO4S2/c1-18-9-13(12(16)17)2-3-14(8-13)11(15)6-10-7-19-4-5-20-10/h10H,2-9H2,1H3,(H,16,17). The molecule has 0 aromatic heterocycles. The smallest absolute Gasteiger partial charge is 0.313 e. The van der Waals surface area contributed by atoms with E-state index in [0.717, 1.165) is 17.3 Å². The summed E-state index contributed by atoms with van der Waals surface area (Å²) in [5, 5.41) is 9.77. The molecule has 2 saturated heterocycles. The van der Waals surface area contributed by atoms with Crippen molar-refractivity contribution >= 4 is 35.4 Å². The van der Waals surface area contributed by atoms with Gasteiger partial charge in [0.05, 0.1) is 6.61 Å². The highest BCUT2D eigenvalue weighted by molar-refractivity contribution is 8.06. The van der Waals surface area contributed by atoms with Crippen molar-refractivity contribution in [2.45, 2.75) is 18.1 Å². The van der Waals surface area contributed by atoms with Crippen LogP contribution in [0.1, 0.15) is 12.8 Å². The predicted octanol–water partition coefficient (Wildman–Crippen LogP) is 1.17. The minimum absolute atomic E-state index is 0.0872. The summed E-state index contributed by atoms with van der Waals surface area (Å²) in [5.74, 6) is 2.51. The number of carboxylic acid groups (broad SMARTS) is 1. The van der Waals surface area contributed by atoms with Crippen LogP contribution in [0.2, 0.25) is 0 Å². The second-order valence-electron chi connectivity index (χ2n) is 5.36. The Balaban J connectivity index is 1.90. The third-order valence-corrected chi connectivity index (χ3v) is 6.71. The number of aliphatic carboxylic acids is 1. The molecule has 2 unspecified atom stereocenters. The molecule has 7 heteroatoms. The van der Waals surface area contributed by atoms with Crippen LogP contribution in [0.4, 0.5) is 0 Å². The lowest BCUT2D eigenvalue weighted by atomic mass is 9.88. The molecular formula is C13H21NO4S2. The Labute approximate surface area is 127 Å². The summed E-state index contributed by atoms with van der Waals surface area (Å²) >= 11 is 3.75. The molecule has 2 fully saturated rings. The first-order valence-electron chi connectivity index (χ1n) is 6.77. The Bertz CT molecular complexity index is 373. The maximum Gasteiger partial charge on any atom is 0.313 e. The van der Waals surface area contributed by atoms with E-state index in [4.69, 9.17) is 4.74 Å². The number of hydrogen-bond acceptors (Lipinski definition) is 5. The normalized spacial score (nSPS) is 30.4. The molecule has 5 nitrogen and oxygen atoms in total. The molecule has 0 bridgehead atoms. The fourth-order valence-electron chi connectivity index (χ4n) is 2.69. The zero-order chi connectivity index (χ0) is 14.6. The van der Waals surface area contributed by atoms with Gasteiger partial charge in [0.2, 0.25) is 5.91 Å². The molecule has 0 aromatic carbocycles. The van der Waals surface area contributed by atoms with Gasteiger partial charge in [-0.1, -0.05) is 0 Å². The predicted molar refractivity (Wildman–Crippen MR) is 81.3 cm³/mol. The summed E-state index contributed by atoms with van der Waals surface area (Å²) in [6.07, 6.45) is 1.01. The van der Waals surface area contributed by atoms with Gasteiger partial charge in [-0.2, -0.15) is 23.5 Å². The molecule has 2 atom stereocenters. The molecular weight excluding hydrogens is 298 g/mol. The highest BCUT2D eigenvalue weighted by Crippen LogP contribution is 2.33. The first-order valence-corrected chi connectivity index (χ1v) is 8.97. The largest absolute Gasteiger partial charge is 0.481 e. The van der Waals surface area contributed by atoms with Gasteiger partial charge in [0.15, 0.2) is 0 Å². The molecule has 2 heterocycles. The van der Waals surface area contributed by atoms with Crippen LogP contribution >= 0.6 is 23.5 Å². The SMILES string of the molecule is COCC1(C(=O)O)CCN(C(=O)CC2CSCCS2)C1. The lowest BCUT2D eigenvalue weighted by Gasteiger charge is -2.26. The van der Waals surface area contributed by atoms with Gasteiger partial charge in [-0.3, -0.25) is 9.59 Å². The maximum absolute atomic E-state index is 12.3. The number of rotatable bonds is 5. The average Bonchev–Trinajstić information content (AvgIpc) is 2.86. The van der Waals surface area contributed by atoms with Crippen molar-refractivity contribution in [1.82, 2.24) is 4.90 Å². The average molecular weight is 319 g/mol. The van der Waals surface area contributed by atoms with Crippen molar-refractivity contribution in [3.8, 4) is 0 Å². The summed E-state index contributed by atoms with van der Waals surface area (Å²) in [6.45, 7) is 0.971. The first kappa shape index (κ1) is 16.0. The Morgan fingerprint density at radius 3 is 2.85 bits per heavy atom. The van der Waals surface area contributed by atoms with Crippen LogP contribution in [0.5, 0.6) is 0 Å². The molecule has 0 aliphatic carbocycles. The molecule has 114 valence electrons. The van der Waals surface area contributed by atoms with Crippen molar-refractivity contribution in [3.05, 3.63) is 0 Å². The van der Waals surface area contributed by atoms with E-state index < -0.39 is 11.4 Å². The third kappa shape index (κ3) is 3.62. The summed E-state index contributed by atoms with van der Waals surface area (Å²) in [5.41, 5.74) is -0.918. The van der Waals surface area contributed by atoms with E-state index >= 15 is 0 Å². The number of methoxy groups -OCH3 is 1. The molecule has 1 amide bonds. The molecule has 0 saturated carbocycles. The number of nitrogens with zero attached hydrogens (tertiary/aromatic N) is 1. The fourth-order valence-corrected chi connectivity index (χ4v) is 5.37. The summed E-state index contributed by atoms with van der Waals surface area (Å²) in [7, 11) is 1.51. The zero-order valence-electron chi connectivity index (χ0n) is 11.7. The number of carbonyl (C=O) groups is 2. The third-order valence-electron chi connectivity index (χ3n) is 3.87. The molecule has 2 aliphatic heterocycles. The molecule has 0 radical (unpaired) electrons. The highest BCUT2D eigenvalue weighted by Gasteiger charge is 2.46. The second-order valence-corrected chi connectivity index (χ2v) is 7.91. The number of carboxylic acids is 1. The maximum atomic E-state index is 12.3.